The van der Waals surface area contributed by atoms with Crippen molar-refractivity contribution in [1.82, 2.24) is 0 Å². The van der Waals surface area contributed by atoms with Crippen molar-refractivity contribution in [3.8, 4) is 0 Å². The van der Waals surface area contributed by atoms with E-state index in [0.29, 0.717) is 12.5 Å². The molecule has 0 amide bonds. The third kappa shape index (κ3) is 11.5. The van der Waals surface area contributed by atoms with Gasteiger partial charge in [0, 0.05) is 6.42 Å². The molecule has 0 saturated heterocycles. The highest BCUT2D eigenvalue weighted by Crippen LogP contribution is 2.30. The number of nitrogens with two attached hydrogens (primary N) is 1. The van der Waals surface area contributed by atoms with Crippen LogP contribution in [0.5, 0.6) is 0 Å². The number of hydrogen-bond donors (Lipinski definition) is 2. The fraction of sp³-hybridized carbons (Fsp3) is 0.679. The van der Waals surface area contributed by atoms with Crippen LogP contribution < -0.4 is 5.73 Å². The van der Waals surface area contributed by atoms with Crippen LogP contribution in [0.15, 0.2) is 42.5 Å². The van der Waals surface area contributed by atoms with Gasteiger partial charge in [-0.25, -0.2) is 0 Å². The molecule has 31 heavy (non-hydrogen) atoms. The van der Waals surface area contributed by atoms with Gasteiger partial charge in [-0.3, -0.25) is 4.79 Å². The Balaban J connectivity index is 1.69. The largest absolute Gasteiger partial charge is 0.481 e. The fourth-order valence-corrected chi connectivity index (χ4v) is 5.27. The molecule has 0 radical (unpaired) electrons. The molecule has 3 nitrogen and oxygen atoms in total. The van der Waals surface area contributed by atoms with Crippen LogP contribution in [0.2, 0.25) is 0 Å². The highest BCUT2D eigenvalue weighted by molar-refractivity contribution is 5.67. The van der Waals surface area contributed by atoms with Gasteiger partial charge >= 0.3 is 5.97 Å². The van der Waals surface area contributed by atoms with Gasteiger partial charge < -0.3 is 10.8 Å². The van der Waals surface area contributed by atoms with Gasteiger partial charge in [0.05, 0.1) is 0 Å². The van der Waals surface area contributed by atoms with Crippen molar-refractivity contribution in [1.29, 1.82) is 0 Å². The van der Waals surface area contributed by atoms with Gasteiger partial charge in [-0.15, -0.1) is 0 Å². The van der Waals surface area contributed by atoms with E-state index >= 15 is 0 Å². The van der Waals surface area contributed by atoms with Gasteiger partial charge in [-0.2, -0.15) is 0 Å². The summed E-state index contributed by atoms with van der Waals surface area (Å²) in [6.07, 6.45) is 22.2. The van der Waals surface area contributed by atoms with Gasteiger partial charge in [0.2, 0.25) is 0 Å². The molecule has 0 heterocycles. The lowest BCUT2D eigenvalue weighted by molar-refractivity contribution is -0.138. The zero-order valence-corrected chi connectivity index (χ0v) is 19.5. The van der Waals surface area contributed by atoms with Crippen molar-refractivity contribution < 1.29 is 9.90 Å². The van der Waals surface area contributed by atoms with E-state index in [1.165, 1.54) is 63.4 Å². The van der Waals surface area contributed by atoms with Crippen molar-refractivity contribution in [2.45, 2.75) is 96.3 Å². The molecule has 1 aromatic carbocycles. The van der Waals surface area contributed by atoms with Gasteiger partial charge in [0.25, 0.3) is 0 Å². The van der Waals surface area contributed by atoms with E-state index in [2.05, 4.69) is 36.4 Å². The molecule has 1 saturated carbocycles. The number of hydrogen-bond acceptors (Lipinski definition) is 2. The van der Waals surface area contributed by atoms with Crippen LogP contribution >= 0.6 is 0 Å². The molecule has 1 fully saturated rings. The summed E-state index contributed by atoms with van der Waals surface area (Å²) >= 11 is 0. The second kappa shape index (κ2) is 16.1. The van der Waals surface area contributed by atoms with Gasteiger partial charge in [0.15, 0.2) is 0 Å². The lowest BCUT2D eigenvalue weighted by atomic mass is 9.80. The van der Waals surface area contributed by atoms with Gasteiger partial charge in [-0.1, -0.05) is 87.4 Å². The molecule has 0 spiro atoms. The van der Waals surface area contributed by atoms with Gasteiger partial charge in [-0.05, 0) is 74.8 Å². The predicted molar refractivity (Wildman–Crippen MR) is 131 cm³/mol. The fourth-order valence-electron chi connectivity index (χ4n) is 5.27. The van der Waals surface area contributed by atoms with Crippen LogP contribution in [0, 0.1) is 17.8 Å². The standard InChI is InChI=1S/C28H45NO2/c29-22-21-26(27(23-28(30)31)20-19-25-16-10-6-11-17-25)18-12-4-2-1-3-7-13-24-14-8-5-9-15-24/h1,3,6,10-11,16-17,24,26-27H,2,4-5,7-9,12-15,18-23,29H2,(H,30,31). The summed E-state index contributed by atoms with van der Waals surface area (Å²) in [5, 5.41) is 9.44. The average molecular weight is 428 g/mol. The van der Waals surface area contributed by atoms with Crippen molar-refractivity contribution >= 4 is 5.97 Å². The summed E-state index contributed by atoms with van der Waals surface area (Å²) in [4.78, 5) is 11.5. The van der Waals surface area contributed by atoms with E-state index in [9.17, 15) is 9.90 Å². The highest BCUT2D eigenvalue weighted by Gasteiger charge is 2.23. The van der Waals surface area contributed by atoms with Crippen LogP contribution in [0.4, 0.5) is 0 Å². The molecule has 0 aliphatic heterocycles. The number of aryl methyl sites for hydroxylation is 1. The number of aliphatic carboxylic acids is 1. The van der Waals surface area contributed by atoms with Crippen molar-refractivity contribution in [2.24, 2.45) is 23.5 Å². The molecule has 2 rings (SSSR count). The highest BCUT2D eigenvalue weighted by atomic mass is 16.4. The normalized spacial score (nSPS) is 17.1. The zero-order chi connectivity index (χ0) is 22.2. The number of allylic oxidation sites excluding steroid dienone is 2. The van der Waals surface area contributed by atoms with E-state index in [0.717, 1.165) is 38.0 Å². The first kappa shape index (κ1) is 25.6. The average Bonchev–Trinajstić information content (AvgIpc) is 2.79. The molecular weight excluding hydrogens is 382 g/mol. The summed E-state index contributed by atoms with van der Waals surface area (Å²) in [5.41, 5.74) is 7.19. The maximum Gasteiger partial charge on any atom is 0.303 e. The Morgan fingerprint density at radius 3 is 2.42 bits per heavy atom. The van der Waals surface area contributed by atoms with E-state index < -0.39 is 5.97 Å². The first-order chi connectivity index (χ1) is 15.2. The summed E-state index contributed by atoms with van der Waals surface area (Å²) in [6, 6.07) is 10.4. The minimum Gasteiger partial charge on any atom is -0.481 e. The third-order valence-corrected chi connectivity index (χ3v) is 7.12. The summed E-state index contributed by atoms with van der Waals surface area (Å²) in [7, 11) is 0. The SMILES string of the molecule is NCCC(CCCCC=CCCC1CCCCC1)C(CCc1ccccc1)CC(=O)O. The molecule has 1 aliphatic rings. The molecule has 0 bridgehead atoms. The number of carbonyl (C=O) groups is 1. The molecular formula is C28H45NO2. The molecule has 2 unspecified atom stereocenters. The number of carboxylic acids is 1. The lowest BCUT2D eigenvalue weighted by Crippen LogP contribution is -2.22. The molecule has 0 aromatic heterocycles. The van der Waals surface area contributed by atoms with Crippen molar-refractivity contribution in [3.05, 3.63) is 48.0 Å². The Labute approximate surface area is 190 Å². The number of carboxylic acid groups (broad SMARTS) is 1. The molecule has 1 aromatic rings. The quantitative estimate of drug-likeness (QED) is 0.217. The van der Waals surface area contributed by atoms with Crippen LogP contribution in [0.25, 0.3) is 0 Å². The summed E-state index contributed by atoms with van der Waals surface area (Å²) in [6.45, 7) is 0.646. The maximum atomic E-state index is 11.5. The first-order valence-electron chi connectivity index (χ1n) is 12.8. The molecule has 1 aliphatic carbocycles. The zero-order valence-electron chi connectivity index (χ0n) is 19.5. The summed E-state index contributed by atoms with van der Waals surface area (Å²) < 4.78 is 0. The molecule has 3 heteroatoms. The second-order valence-electron chi connectivity index (χ2n) is 9.56. The minimum atomic E-state index is -0.680. The van der Waals surface area contributed by atoms with Crippen LogP contribution in [-0.2, 0) is 11.2 Å². The number of unbranched alkanes of at least 4 members (excludes halogenated alkanes) is 2. The number of rotatable bonds is 16. The Kier molecular flexibility index (Phi) is 13.3. The van der Waals surface area contributed by atoms with E-state index in [4.69, 9.17) is 5.73 Å². The van der Waals surface area contributed by atoms with E-state index in [-0.39, 0.29) is 12.3 Å². The van der Waals surface area contributed by atoms with Crippen LogP contribution in [0.1, 0.15) is 95.5 Å². The molecule has 3 N–H and O–H groups in total. The smallest absolute Gasteiger partial charge is 0.303 e. The van der Waals surface area contributed by atoms with E-state index in [1.807, 2.05) is 6.07 Å². The van der Waals surface area contributed by atoms with Crippen LogP contribution in [-0.4, -0.2) is 17.6 Å². The van der Waals surface area contributed by atoms with Gasteiger partial charge in [0.1, 0.15) is 0 Å². The predicted octanol–water partition coefficient (Wildman–Crippen LogP) is 7.15. The molecule has 174 valence electrons. The Bertz CT molecular complexity index is 607. The number of benzene rings is 1. The van der Waals surface area contributed by atoms with Crippen molar-refractivity contribution in [3.63, 3.8) is 0 Å². The third-order valence-electron chi connectivity index (χ3n) is 7.12. The molecule has 2 atom stereocenters. The Morgan fingerprint density at radius 1 is 0.968 bits per heavy atom. The van der Waals surface area contributed by atoms with E-state index in [1.54, 1.807) is 0 Å². The van der Waals surface area contributed by atoms with Crippen LogP contribution in [0.3, 0.4) is 0 Å². The monoisotopic (exact) mass is 427 g/mol. The summed E-state index contributed by atoms with van der Waals surface area (Å²) in [5.74, 6) is 0.922. The maximum absolute atomic E-state index is 11.5. The first-order valence-corrected chi connectivity index (χ1v) is 12.8. The minimum absolute atomic E-state index is 0.215. The Hall–Kier alpha value is -1.61. The van der Waals surface area contributed by atoms with Crippen molar-refractivity contribution in [2.75, 3.05) is 6.54 Å². The topological polar surface area (TPSA) is 63.3 Å². The second-order valence-corrected chi connectivity index (χ2v) is 9.56. The Morgan fingerprint density at radius 2 is 1.71 bits per heavy atom. The lowest BCUT2D eigenvalue weighted by Gasteiger charge is -2.26.